The number of rotatable bonds is 7. The molecule has 0 spiro atoms. The summed E-state index contributed by atoms with van der Waals surface area (Å²) in [7, 11) is -3.33. The van der Waals surface area contributed by atoms with Crippen LogP contribution < -0.4 is 10.3 Å². The largest absolute Gasteiger partial charge is 0.376 e. The summed E-state index contributed by atoms with van der Waals surface area (Å²) in [5.41, 5.74) is 1.64. The van der Waals surface area contributed by atoms with E-state index in [-0.39, 0.29) is 29.0 Å². The van der Waals surface area contributed by atoms with Gasteiger partial charge in [0, 0.05) is 17.3 Å². The molecule has 2 aliphatic carbocycles. The zero-order valence-corrected chi connectivity index (χ0v) is 19.3. The smallest absolute Gasteiger partial charge is 0.254 e. The van der Waals surface area contributed by atoms with Gasteiger partial charge in [0.05, 0.1) is 24.0 Å². The lowest BCUT2D eigenvalue weighted by Gasteiger charge is -2.37. The van der Waals surface area contributed by atoms with Gasteiger partial charge in [0.2, 0.25) is 10.0 Å². The normalized spacial score (nSPS) is 29.7. The van der Waals surface area contributed by atoms with E-state index in [1.807, 2.05) is 19.1 Å². The second-order valence-electron chi connectivity index (χ2n) is 9.87. The number of hydrogen-bond acceptors (Lipinski definition) is 4. The molecule has 2 unspecified atom stereocenters. The van der Waals surface area contributed by atoms with Crippen molar-refractivity contribution in [1.29, 1.82) is 0 Å². The minimum absolute atomic E-state index is 0.0278. The summed E-state index contributed by atoms with van der Waals surface area (Å²) in [6.45, 7) is 6.77. The van der Waals surface area contributed by atoms with E-state index < -0.39 is 10.0 Å². The van der Waals surface area contributed by atoms with Gasteiger partial charge in [0.1, 0.15) is 0 Å². The standard InChI is InChI=1S/C23H36N2O4S/c1-15(2)17-5-9-19(10-6-17)29-14-22-21(24-30(27,28)20-11-12-20)13-8-18-7-4-16(3)23(26)25(18)22/h4,7,15,17,19-22,24H,5-6,8-14H2,1-3H3. The second kappa shape index (κ2) is 8.75. The highest BCUT2D eigenvalue weighted by Gasteiger charge is 2.40. The van der Waals surface area contributed by atoms with Gasteiger partial charge in [-0.05, 0) is 76.2 Å². The Hall–Kier alpha value is -1.18. The Balaban J connectivity index is 1.52. The molecule has 0 bridgehead atoms. The molecule has 1 aromatic heterocycles. The molecule has 2 heterocycles. The molecule has 0 radical (unpaired) electrons. The third-order valence-corrected chi connectivity index (χ3v) is 9.32. The van der Waals surface area contributed by atoms with Gasteiger partial charge in [-0.25, -0.2) is 13.1 Å². The van der Waals surface area contributed by atoms with Crippen LogP contribution >= 0.6 is 0 Å². The molecule has 6 nitrogen and oxygen atoms in total. The van der Waals surface area contributed by atoms with Gasteiger partial charge in [-0.1, -0.05) is 19.9 Å². The predicted molar refractivity (Wildman–Crippen MR) is 118 cm³/mol. The van der Waals surface area contributed by atoms with Crippen LogP contribution in [0.4, 0.5) is 0 Å². The average Bonchev–Trinajstić information content (AvgIpc) is 3.56. The Morgan fingerprint density at radius 1 is 1.10 bits per heavy atom. The van der Waals surface area contributed by atoms with E-state index in [1.54, 1.807) is 4.57 Å². The molecule has 30 heavy (non-hydrogen) atoms. The summed E-state index contributed by atoms with van der Waals surface area (Å²) in [5, 5.41) is -0.263. The van der Waals surface area contributed by atoms with Gasteiger partial charge in [-0.15, -0.1) is 0 Å². The molecule has 1 aromatic rings. The lowest BCUT2D eigenvalue weighted by Crippen LogP contribution is -2.50. The molecule has 1 N–H and O–H groups in total. The molecule has 2 fully saturated rings. The van der Waals surface area contributed by atoms with E-state index in [1.165, 1.54) is 12.8 Å². The minimum Gasteiger partial charge on any atom is -0.376 e. The maximum absolute atomic E-state index is 13.0. The van der Waals surface area contributed by atoms with Crippen molar-refractivity contribution in [3.8, 4) is 0 Å². The van der Waals surface area contributed by atoms with Crippen LogP contribution in [0.2, 0.25) is 0 Å². The number of hydrogen-bond donors (Lipinski definition) is 1. The summed E-state index contributed by atoms with van der Waals surface area (Å²) in [6.07, 6.45) is 7.52. The van der Waals surface area contributed by atoms with Gasteiger partial charge >= 0.3 is 0 Å². The highest BCUT2D eigenvalue weighted by Crippen LogP contribution is 2.34. The first kappa shape index (κ1) is 22.0. The van der Waals surface area contributed by atoms with Gasteiger partial charge in [0.15, 0.2) is 0 Å². The molecule has 3 aliphatic rings. The highest BCUT2D eigenvalue weighted by atomic mass is 32.2. The number of aryl methyl sites for hydroxylation is 2. The Morgan fingerprint density at radius 2 is 1.80 bits per heavy atom. The Bertz CT molecular complexity index is 912. The van der Waals surface area contributed by atoms with Crippen LogP contribution in [0.3, 0.4) is 0 Å². The van der Waals surface area contributed by atoms with E-state index >= 15 is 0 Å². The summed E-state index contributed by atoms with van der Waals surface area (Å²) in [5.74, 6) is 1.47. The average molecular weight is 437 g/mol. The second-order valence-corrected chi connectivity index (χ2v) is 11.9. The van der Waals surface area contributed by atoms with E-state index in [2.05, 4.69) is 18.6 Å². The van der Waals surface area contributed by atoms with Crippen molar-refractivity contribution in [3.05, 3.63) is 33.7 Å². The summed E-state index contributed by atoms with van der Waals surface area (Å²) in [6, 6.07) is 3.28. The van der Waals surface area contributed by atoms with Crippen LogP contribution in [0, 0.1) is 18.8 Å². The van der Waals surface area contributed by atoms with Crippen LogP contribution in [0.1, 0.15) is 76.1 Å². The summed E-state index contributed by atoms with van der Waals surface area (Å²) < 4.78 is 36.3. The molecule has 4 rings (SSSR count). The number of fused-ring (bicyclic) bond motifs is 1. The number of aromatic nitrogens is 1. The topological polar surface area (TPSA) is 77.4 Å². The third-order valence-electron chi connectivity index (χ3n) is 7.34. The monoisotopic (exact) mass is 436 g/mol. The lowest BCUT2D eigenvalue weighted by molar-refractivity contribution is -0.0103. The number of sulfonamides is 1. The van der Waals surface area contributed by atoms with Crippen LogP contribution in [-0.4, -0.2) is 37.0 Å². The first-order valence-electron chi connectivity index (χ1n) is 11.6. The minimum atomic E-state index is -3.33. The maximum Gasteiger partial charge on any atom is 0.254 e. The van der Waals surface area contributed by atoms with E-state index in [0.717, 1.165) is 37.3 Å². The van der Waals surface area contributed by atoms with Crippen molar-refractivity contribution in [2.24, 2.45) is 11.8 Å². The molecule has 0 saturated heterocycles. The fraction of sp³-hybridized carbons (Fsp3) is 0.783. The van der Waals surface area contributed by atoms with E-state index in [0.29, 0.717) is 30.9 Å². The quantitative estimate of drug-likeness (QED) is 0.711. The van der Waals surface area contributed by atoms with Crippen LogP contribution in [0.15, 0.2) is 16.9 Å². The summed E-state index contributed by atoms with van der Waals surface area (Å²) in [4.78, 5) is 13.0. The number of ether oxygens (including phenoxy) is 1. The van der Waals surface area contributed by atoms with Crippen LogP contribution in [-0.2, 0) is 21.2 Å². The molecule has 168 valence electrons. The van der Waals surface area contributed by atoms with Gasteiger partial charge in [-0.3, -0.25) is 4.79 Å². The first-order valence-corrected chi connectivity index (χ1v) is 13.1. The summed E-state index contributed by atoms with van der Waals surface area (Å²) >= 11 is 0. The Kier molecular flexibility index (Phi) is 6.43. The molecule has 2 atom stereocenters. The van der Waals surface area contributed by atoms with Gasteiger partial charge in [0.25, 0.3) is 5.56 Å². The van der Waals surface area contributed by atoms with E-state index in [9.17, 15) is 13.2 Å². The lowest BCUT2D eigenvalue weighted by atomic mass is 9.80. The molecule has 2 saturated carbocycles. The van der Waals surface area contributed by atoms with Crippen molar-refractivity contribution in [2.75, 3.05) is 6.61 Å². The van der Waals surface area contributed by atoms with Crippen LogP contribution in [0.5, 0.6) is 0 Å². The van der Waals surface area contributed by atoms with Crippen LogP contribution in [0.25, 0.3) is 0 Å². The van der Waals surface area contributed by atoms with Crippen molar-refractivity contribution >= 4 is 10.0 Å². The Labute approximate surface area is 180 Å². The van der Waals surface area contributed by atoms with Crippen molar-refractivity contribution in [1.82, 2.24) is 9.29 Å². The molecular formula is C23H36N2O4S. The Morgan fingerprint density at radius 3 is 2.43 bits per heavy atom. The fourth-order valence-corrected chi connectivity index (χ4v) is 6.75. The molecular weight excluding hydrogens is 400 g/mol. The van der Waals surface area contributed by atoms with Crippen molar-refractivity contribution in [2.45, 2.75) is 95.6 Å². The zero-order valence-electron chi connectivity index (χ0n) is 18.5. The van der Waals surface area contributed by atoms with Gasteiger partial charge < -0.3 is 9.30 Å². The fourth-order valence-electron chi connectivity index (χ4n) is 5.11. The van der Waals surface area contributed by atoms with Gasteiger partial charge in [-0.2, -0.15) is 0 Å². The SMILES string of the molecule is Cc1ccc2n(c1=O)C(COC1CCC(C(C)C)CC1)C(NS(=O)(=O)C1CC1)CC2. The molecule has 1 aliphatic heterocycles. The van der Waals surface area contributed by atoms with Crippen molar-refractivity contribution in [3.63, 3.8) is 0 Å². The van der Waals surface area contributed by atoms with Crippen molar-refractivity contribution < 1.29 is 13.2 Å². The first-order chi connectivity index (χ1) is 14.3. The van der Waals surface area contributed by atoms with E-state index in [4.69, 9.17) is 4.74 Å². The number of pyridine rings is 1. The maximum atomic E-state index is 13.0. The molecule has 7 heteroatoms. The number of nitrogens with one attached hydrogen (secondary N) is 1. The molecule has 0 aromatic carbocycles. The third kappa shape index (κ3) is 4.68. The zero-order chi connectivity index (χ0) is 21.5. The predicted octanol–water partition coefficient (Wildman–Crippen LogP) is 3.33. The highest BCUT2D eigenvalue weighted by molar-refractivity contribution is 7.90. The molecule has 0 amide bonds. The number of nitrogens with zero attached hydrogens (tertiary/aromatic N) is 1.